The molecule has 0 spiro atoms. The predicted molar refractivity (Wildman–Crippen MR) is 139 cm³/mol. The number of anilines is 1. The maximum Gasteiger partial charge on any atom is 0.268 e. The second-order valence-corrected chi connectivity index (χ2v) is 9.37. The van der Waals surface area contributed by atoms with Crippen molar-refractivity contribution in [3.8, 4) is 23.3 Å². The molecule has 10 heteroatoms. The Labute approximate surface area is 216 Å². The molecule has 1 heterocycles. The van der Waals surface area contributed by atoms with Gasteiger partial charge in [-0.1, -0.05) is 24.3 Å². The van der Waals surface area contributed by atoms with E-state index in [4.69, 9.17) is 14.2 Å². The summed E-state index contributed by atoms with van der Waals surface area (Å²) in [6, 6.07) is 11.3. The van der Waals surface area contributed by atoms with Crippen molar-refractivity contribution in [1.29, 1.82) is 5.26 Å². The lowest BCUT2D eigenvalue weighted by Gasteiger charge is -2.14. The number of carbonyl (C=O) groups is 1. The van der Waals surface area contributed by atoms with Gasteiger partial charge in [0.05, 0.1) is 11.6 Å². The molecule has 35 heavy (non-hydrogen) atoms. The lowest BCUT2D eigenvalue weighted by atomic mass is 10.1. The van der Waals surface area contributed by atoms with Gasteiger partial charge < -0.3 is 14.2 Å². The van der Waals surface area contributed by atoms with Gasteiger partial charge in [-0.05, 0) is 83.2 Å². The van der Waals surface area contributed by atoms with E-state index in [1.165, 1.54) is 30.1 Å². The number of nitrogens with zero attached hydrogens (tertiary/aromatic N) is 3. The minimum absolute atomic E-state index is 0.0809. The van der Waals surface area contributed by atoms with Gasteiger partial charge in [0, 0.05) is 0 Å². The van der Waals surface area contributed by atoms with Crippen molar-refractivity contribution in [1.82, 2.24) is 10.2 Å². The maximum absolute atomic E-state index is 12.5. The van der Waals surface area contributed by atoms with Crippen molar-refractivity contribution in [2.45, 2.75) is 27.2 Å². The highest BCUT2D eigenvalue weighted by Crippen LogP contribution is 2.37. The van der Waals surface area contributed by atoms with E-state index in [2.05, 4.69) is 38.4 Å². The third kappa shape index (κ3) is 7.04. The molecule has 3 rings (SSSR count). The molecule has 1 aromatic heterocycles. The minimum Gasteiger partial charge on any atom is -0.493 e. The number of amides is 1. The summed E-state index contributed by atoms with van der Waals surface area (Å²) in [5, 5.41) is 21.1. The van der Waals surface area contributed by atoms with Crippen LogP contribution in [0.5, 0.6) is 17.2 Å². The fourth-order valence-corrected chi connectivity index (χ4v) is 4.25. The number of nitriles is 1. The van der Waals surface area contributed by atoms with Crippen molar-refractivity contribution >= 4 is 44.4 Å². The van der Waals surface area contributed by atoms with Gasteiger partial charge in [-0.3, -0.25) is 10.1 Å². The summed E-state index contributed by atoms with van der Waals surface area (Å²) in [4.78, 5) is 12.5. The van der Waals surface area contributed by atoms with E-state index in [9.17, 15) is 10.1 Å². The molecule has 0 atom stereocenters. The number of rotatable bonds is 10. The normalized spacial score (nSPS) is 11.0. The Morgan fingerprint density at radius 3 is 2.60 bits per heavy atom. The number of aromatic nitrogens is 2. The van der Waals surface area contributed by atoms with Crippen LogP contribution in [0.2, 0.25) is 0 Å². The molecule has 0 saturated heterocycles. The third-order valence-electron chi connectivity index (χ3n) is 4.99. The van der Waals surface area contributed by atoms with Gasteiger partial charge in [0.25, 0.3) is 5.91 Å². The Morgan fingerprint density at radius 1 is 1.17 bits per heavy atom. The smallest absolute Gasteiger partial charge is 0.268 e. The summed E-state index contributed by atoms with van der Waals surface area (Å²) in [5.74, 6) is 1.17. The topological polar surface area (TPSA) is 106 Å². The van der Waals surface area contributed by atoms with Gasteiger partial charge in [0.1, 0.15) is 35.6 Å². The highest BCUT2D eigenvalue weighted by atomic mass is 79.9. The first kappa shape index (κ1) is 26.2. The number of carbonyl (C=O) groups excluding carboxylic acids is 1. The van der Waals surface area contributed by atoms with Crippen LogP contribution in [0, 0.1) is 25.2 Å². The van der Waals surface area contributed by atoms with Crippen molar-refractivity contribution in [3.05, 3.63) is 62.1 Å². The highest BCUT2D eigenvalue weighted by Gasteiger charge is 2.15. The molecule has 3 aromatic rings. The van der Waals surface area contributed by atoms with Crippen LogP contribution in [0.1, 0.15) is 28.6 Å². The zero-order valence-corrected chi connectivity index (χ0v) is 22.2. The van der Waals surface area contributed by atoms with E-state index in [0.29, 0.717) is 46.3 Å². The number of nitrogens with one attached hydrogen (secondary N) is 1. The van der Waals surface area contributed by atoms with E-state index >= 15 is 0 Å². The van der Waals surface area contributed by atoms with Crippen LogP contribution in [0.3, 0.4) is 0 Å². The largest absolute Gasteiger partial charge is 0.493 e. The van der Waals surface area contributed by atoms with Crippen LogP contribution in [-0.4, -0.2) is 36.4 Å². The minimum atomic E-state index is -0.565. The molecule has 0 aliphatic carbocycles. The quantitative estimate of drug-likeness (QED) is 0.200. The summed E-state index contributed by atoms with van der Waals surface area (Å²) in [7, 11) is 1.52. The molecule has 0 aliphatic rings. The first-order valence-corrected chi connectivity index (χ1v) is 12.4. The number of hydrogen-bond donors (Lipinski definition) is 1. The standard InChI is InChI=1S/C25H25BrN4O4S/c1-5-22-29-30-25(35-22)28-24(31)18(14-27)11-17-12-20(26)23(21(13-17)32-4)34-9-8-33-19-7-6-15(2)16(3)10-19/h6-7,10-13H,5,8-9H2,1-4H3,(H,28,30,31). The number of ether oxygens (including phenoxy) is 3. The first-order chi connectivity index (χ1) is 16.8. The number of benzene rings is 2. The first-order valence-electron chi connectivity index (χ1n) is 10.8. The number of methoxy groups -OCH3 is 1. The average Bonchev–Trinajstić information content (AvgIpc) is 3.30. The zero-order valence-electron chi connectivity index (χ0n) is 19.8. The molecule has 1 amide bonds. The predicted octanol–water partition coefficient (Wildman–Crippen LogP) is 5.49. The van der Waals surface area contributed by atoms with E-state index in [0.717, 1.165) is 16.3 Å². The van der Waals surface area contributed by atoms with E-state index in [1.54, 1.807) is 12.1 Å². The van der Waals surface area contributed by atoms with Crippen LogP contribution in [0.25, 0.3) is 6.08 Å². The van der Waals surface area contributed by atoms with E-state index in [-0.39, 0.29) is 5.57 Å². The van der Waals surface area contributed by atoms with Gasteiger partial charge in [-0.25, -0.2) is 0 Å². The number of hydrogen-bond acceptors (Lipinski definition) is 8. The lowest BCUT2D eigenvalue weighted by Crippen LogP contribution is -2.13. The molecule has 1 N–H and O–H groups in total. The lowest BCUT2D eigenvalue weighted by molar-refractivity contribution is -0.112. The SMILES string of the molecule is CCc1nnc(NC(=O)C(C#N)=Cc2cc(Br)c(OCCOc3ccc(C)c(C)c3)c(OC)c2)s1. The molecule has 0 saturated carbocycles. The highest BCUT2D eigenvalue weighted by molar-refractivity contribution is 9.10. The molecule has 2 aromatic carbocycles. The zero-order chi connectivity index (χ0) is 25.4. The van der Waals surface area contributed by atoms with E-state index < -0.39 is 5.91 Å². The van der Waals surface area contributed by atoms with Crippen LogP contribution in [0.4, 0.5) is 5.13 Å². The number of halogens is 1. The van der Waals surface area contributed by atoms with Crippen LogP contribution < -0.4 is 19.5 Å². The summed E-state index contributed by atoms with van der Waals surface area (Å²) in [5.41, 5.74) is 2.88. The Balaban J connectivity index is 1.68. The number of aryl methyl sites for hydroxylation is 3. The molecule has 0 unspecified atom stereocenters. The van der Waals surface area contributed by atoms with Crippen molar-refractivity contribution in [2.75, 3.05) is 25.6 Å². The fraction of sp³-hybridized carbons (Fsp3) is 0.280. The van der Waals surface area contributed by atoms with E-state index in [1.807, 2.05) is 38.1 Å². The summed E-state index contributed by atoms with van der Waals surface area (Å²) < 4.78 is 17.7. The second-order valence-electron chi connectivity index (χ2n) is 7.46. The second kappa shape index (κ2) is 12.3. The Bertz CT molecular complexity index is 1280. The van der Waals surface area contributed by atoms with Gasteiger partial charge in [0.15, 0.2) is 11.5 Å². The Morgan fingerprint density at radius 2 is 1.94 bits per heavy atom. The Kier molecular flexibility index (Phi) is 9.23. The van der Waals surface area contributed by atoms with Crippen molar-refractivity contribution < 1.29 is 19.0 Å². The molecule has 0 fully saturated rings. The average molecular weight is 557 g/mol. The summed E-state index contributed by atoms with van der Waals surface area (Å²) >= 11 is 4.76. The molecule has 0 bridgehead atoms. The maximum atomic E-state index is 12.5. The van der Waals surface area contributed by atoms with Crippen LogP contribution in [-0.2, 0) is 11.2 Å². The van der Waals surface area contributed by atoms with Crippen molar-refractivity contribution in [2.24, 2.45) is 0 Å². The van der Waals surface area contributed by atoms with Crippen LogP contribution in [0.15, 0.2) is 40.4 Å². The monoisotopic (exact) mass is 556 g/mol. The van der Waals surface area contributed by atoms with Gasteiger partial charge in [-0.15, -0.1) is 10.2 Å². The molecule has 0 aliphatic heterocycles. The fourth-order valence-electron chi connectivity index (χ4n) is 3.00. The molecular weight excluding hydrogens is 532 g/mol. The summed E-state index contributed by atoms with van der Waals surface area (Å²) in [6.07, 6.45) is 2.19. The molecule has 8 nitrogen and oxygen atoms in total. The van der Waals surface area contributed by atoms with Gasteiger partial charge >= 0.3 is 0 Å². The molecule has 182 valence electrons. The van der Waals surface area contributed by atoms with Gasteiger partial charge in [0.2, 0.25) is 5.13 Å². The van der Waals surface area contributed by atoms with Gasteiger partial charge in [-0.2, -0.15) is 5.26 Å². The molecule has 0 radical (unpaired) electrons. The van der Waals surface area contributed by atoms with Crippen molar-refractivity contribution in [3.63, 3.8) is 0 Å². The van der Waals surface area contributed by atoms with Crippen LogP contribution >= 0.6 is 27.3 Å². The summed E-state index contributed by atoms with van der Waals surface area (Å²) in [6.45, 7) is 6.69. The third-order valence-corrected chi connectivity index (χ3v) is 6.57. The Hall–Kier alpha value is -3.42. The molecular formula is C25H25BrN4O4S.